The number of aryl methyl sites for hydroxylation is 2. The van der Waals surface area contributed by atoms with Gasteiger partial charge in [0.05, 0.1) is 0 Å². The average Bonchev–Trinajstić information content (AvgIpc) is 2.78. The summed E-state index contributed by atoms with van der Waals surface area (Å²) in [7, 11) is -10.7. The van der Waals surface area contributed by atoms with Crippen molar-refractivity contribution in [2.45, 2.75) is 104 Å². The molecule has 0 heterocycles. The first-order chi connectivity index (χ1) is 16.8. The molecule has 0 atom stereocenters. The molecule has 2 rings (SSSR count). The molecule has 0 saturated heterocycles. The van der Waals surface area contributed by atoms with Gasteiger partial charge in [-0.1, -0.05) is 102 Å². The molecule has 0 amide bonds. The zero-order chi connectivity index (χ0) is 27.0. The monoisotopic (exact) mass is 650 g/mol. The van der Waals surface area contributed by atoms with Gasteiger partial charge in [-0.05, 0) is 61.1 Å². The van der Waals surface area contributed by atoms with Crippen LogP contribution in [0.3, 0.4) is 0 Å². The molecule has 0 nitrogen and oxygen atoms in total. The van der Waals surface area contributed by atoms with E-state index >= 15 is 0 Å². The fraction of sp³-hybridized carbons (Fsp3) is 0.571. The summed E-state index contributed by atoms with van der Waals surface area (Å²) >= 11 is -0.0450. The minimum atomic E-state index is -10.7. The Bertz CT molecular complexity index is 765. The Morgan fingerprint density at radius 3 is 1.06 bits per heavy atom. The van der Waals surface area contributed by atoms with E-state index < -0.39 is 7.81 Å². The van der Waals surface area contributed by atoms with Gasteiger partial charge in [-0.25, -0.2) is 0 Å². The molecule has 0 aliphatic carbocycles. The first kappa shape index (κ1) is 33.2. The molecular formula is C28H42F6IP. The maximum atomic E-state index is 9.87. The molecule has 0 aliphatic rings. The molecule has 0 aromatic heterocycles. The molecule has 2 aromatic rings. The summed E-state index contributed by atoms with van der Waals surface area (Å²) < 4.78 is 62.3. The molecule has 8 heteroatoms. The van der Waals surface area contributed by atoms with Gasteiger partial charge in [-0.15, -0.1) is 0 Å². The van der Waals surface area contributed by atoms with Gasteiger partial charge >= 0.3 is 54.2 Å². The molecule has 0 aliphatic heterocycles. The Morgan fingerprint density at radius 1 is 0.472 bits per heavy atom. The molecule has 0 fully saturated rings. The van der Waals surface area contributed by atoms with Crippen LogP contribution in [0, 0.1) is 7.14 Å². The molecule has 0 saturated carbocycles. The topological polar surface area (TPSA) is 0 Å². The Labute approximate surface area is 224 Å². The van der Waals surface area contributed by atoms with Gasteiger partial charge in [0.15, 0.2) is 7.14 Å². The third-order valence-corrected chi connectivity index (χ3v) is 8.37. The van der Waals surface area contributed by atoms with Crippen molar-refractivity contribution in [3.63, 3.8) is 0 Å². The standard InChI is InChI=1S/C28H42I.F6P/c1-3-5-7-9-11-13-15-25-17-21-27(22-18-25)29-28-23-19-26(20-24-28)16-14-12-10-8-6-4-2;1-7(2,3,4,5)6/h17-24H,3-16H2,1-2H3;/q+1;-1. The van der Waals surface area contributed by atoms with E-state index in [1.165, 1.54) is 101 Å². The van der Waals surface area contributed by atoms with E-state index in [9.17, 15) is 25.2 Å². The van der Waals surface area contributed by atoms with Gasteiger partial charge in [-0.3, -0.25) is 0 Å². The van der Waals surface area contributed by atoms with Crippen molar-refractivity contribution in [3.05, 3.63) is 66.8 Å². The molecule has 36 heavy (non-hydrogen) atoms. The third kappa shape index (κ3) is 22.4. The molecule has 0 N–H and O–H groups in total. The second-order valence-electron chi connectivity index (χ2n) is 9.34. The van der Waals surface area contributed by atoms with E-state index in [4.69, 9.17) is 0 Å². The second kappa shape index (κ2) is 15.6. The summed E-state index contributed by atoms with van der Waals surface area (Å²) in [6.45, 7) is 4.57. The summed E-state index contributed by atoms with van der Waals surface area (Å²) in [5.74, 6) is 0. The molecule has 0 unspecified atom stereocenters. The fourth-order valence-electron chi connectivity index (χ4n) is 3.77. The molecule has 0 bridgehead atoms. The molecule has 208 valence electrons. The van der Waals surface area contributed by atoms with Crippen LogP contribution in [-0.4, -0.2) is 0 Å². The van der Waals surface area contributed by atoms with Gasteiger partial charge in [0.25, 0.3) is 0 Å². The van der Waals surface area contributed by atoms with Gasteiger partial charge < -0.3 is 0 Å². The minimum absolute atomic E-state index is 0.0450. The summed E-state index contributed by atoms with van der Waals surface area (Å²) in [6.07, 6.45) is 19.1. The van der Waals surface area contributed by atoms with Crippen molar-refractivity contribution in [1.29, 1.82) is 0 Å². The quantitative estimate of drug-likeness (QED) is 0.0737. The maximum absolute atomic E-state index is 10.7. The van der Waals surface area contributed by atoms with Crippen LogP contribution in [0.5, 0.6) is 0 Å². The number of benzene rings is 2. The summed E-state index contributed by atoms with van der Waals surface area (Å²) in [6, 6.07) is 19.0. The normalized spacial score (nSPS) is 13.4. The summed E-state index contributed by atoms with van der Waals surface area (Å²) in [5.41, 5.74) is 3.03. The predicted octanol–water partition coefficient (Wildman–Crippen LogP) is 9.00. The number of hydrogen-bond donors (Lipinski definition) is 0. The van der Waals surface area contributed by atoms with Gasteiger partial charge in [0, 0.05) is 0 Å². The van der Waals surface area contributed by atoms with E-state index in [1.807, 2.05) is 0 Å². The second-order valence-corrected chi connectivity index (χ2v) is 14.3. The molecule has 2 aromatic carbocycles. The Balaban J connectivity index is 0.000000809. The SMILES string of the molecule is CCCCCCCCc1ccc([I+]c2ccc(CCCCCCCC)cc2)cc1.F[P-](F)(F)(F)(F)F. The van der Waals surface area contributed by atoms with Crippen LogP contribution in [0.4, 0.5) is 25.2 Å². The average molecular weight is 651 g/mol. The number of hydrogen-bond acceptors (Lipinski definition) is 0. The Kier molecular flexibility index (Phi) is 14.4. The Hall–Kier alpha value is -0.820. The number of rotatable bonds is 16. The summed E-state index contributed by atoms with van der Waals surface area (Å²) in [5, 5.41) is 0. The van der Waals surface area contributed by atoms with Crippen LogP contribution < -0.4 is 21.2 Å². The van der Waals surface area contributed by atoms with E-state index in [1.54, 1.807) is 7.14 Å². The van der Waals surface area contributed by atoms with Gasteiger partial charge in [0.1, 0.15) is 0 Å². The van der Waals surface area contributed by atoms with E-state index in [0.29, 0.717) is 0 Å². The van der Waals surface area contributed by atoms with Crippen molar-refractivity contribution < 1.29 is 46.4 Å². The zero-order valence-corrected chi connectivity index (χ0v) is 24.7. The van der Waals surface area contributed by atoms with Crippen molar-refractivity contribution in [1.82, 2.24) is 0 Å². The van der Waals surface area contributed by atoms with Gasteiger partial charge in [0.2, 0.25) is 0 Å². The van der Waals surface area contributed by atoms with Gasteiger partial charge in [-0.2, -0.15) is 0 Å². The van der Waals surface area contributed by atoms with Crippen molar-refractivity contribution in [2.75, 3.05) is 0 Å². The van der Waals surface area contributed by atoms with Crippen molar-refractivity contribution >= 4 is 7.81 Å². The van der Waals surface area contributed by atoms with E-state index in [0.717, 1.165) is 0 Å². The molecule has 0 radical (unpaired) electrons. The van der Waals surface area contributed by atoms with Crippen LogP contribution in [0.2, 0.25) is 0 Å². The van der Waals surface area contributed by atoms with Crippen molar-refractivity contribution in [3.8, 4) is 0 Å². The third-order valence-electron chi connectivity index (χ3n) is 5.68. The van der Waals surface area contributed by atoms with E-state index in [2.05, 4.69) is 62.4 Å². The fourth-order valence-corrected chi connectivity index (χ4v) is 5.93. The van der Waals surface area contributed by atoms with Crippen LogP contribution in [0.1, 0.15) is 102 Å². The molecular weight excluding hydrogens is 608 g/mol. The first-order valence-corrected chi connectivity index (χ1v) is 17.3. The van der Waals surface area contributed by atoms with Crippen LogP contribution in [-0.2, 0) is 12.8 Å². The van der Waals surface area contributed by atoms with Crippen LogP contribution in [0.15, 0.2) is 48.5 Å². The van der Waals surface area contributed by atoms with Crippen molar-refractivity contribution in [2.24, 2.45) is 0 Å². The van der Waals surface area contributed by atoms with Crippen LogP contribution in [0.25, 0.3) is 0 Å². The number of halogens is 7. The zero-order valence-electron chi connectivity index (χ0n) is 21.6. The molecule has 0 spiro atoms. The predicted molar refractivity (Wildman–Crippen MR) is 138 cm³/mol. The summed E-state index contributed by atoms with van der Waals surface area (Å²) in [4.78, 5) is 0. The van der Waals surface area contributed by atoms with E-state index in [-0.39, 0.29) is 21.2 Å². The first-order valence-electron chi connectivity index (χ1n) is 13.2. The number of unbranched alkanes of at least 4 members (excludes halogenated alkanes) is 10. The van der Waals surface area contributed by atoms with Crippen LogP contribution >= 0.6 is 7.81 Å². The Morgan fingerprint density at radius 2 is 0.750 bits per heavy atom.